The highest BCUT2D eigenvalue weighted by atomic mass is 16.5. The molecule has 1 aromatic heterocycles. The maximum Gasteiger partial charge on any atom is 0.323 e. The average Bonchev–Trinajstić information content (AvgIpc) is 3.17. The van der Waals surface area contributed by atoms with Crippen molar-refractivity contribution in [2.75, 3.05) is 26.3 Å². The van der Waals surface area contributed by atoms with E-state index >= 15 is 0 Å². The number of aliphatic hydroxyl groups excluding tert-OH is 1. The number of pyridine rings is 1. The molecule has 3 N–H and O–H groups in total. The largest absolute Gasteiger partial charge is 0.493 e. The number of carboxylic acids is 1. The number of nitriles is 1. The van der Waals surface area contributed by atoms with Crippen molar-refractivity contribution in [1.29, 1.82) is 5.26 Å². The second-order valence-corrected chi connectivity index (χ2v) is 14.9. The Balaban J connectivity index is 1.19. The lowest BCUT2D eigenvalue weighted by Gasteiger charge is -2.53. The molecule has 10 heteroatoms. The van der Waals surface area contributed by atoms with Crippen LogP contribution >= 0.6 is 0 Å². The Bertz CT molecular complexity index is 1990. The molecule has 2 aliphatic heterocycles. The van der Waals surface area contributed by atoms with Crippen molar-refractivity contribution < 1.29 is 29.2 Å². The number of hydrogen-bond acceptors (Lipinski definition) is 9. The number of hydrogen-bond donors (Lipinski definition) is 3. The van der Waals surface area contributed by atoms with E-state index in [4.69, 9.17) is 14.2 Å². The van der Waals surface area contributed by atoms with E-state index in [9.17, 15) is 20.3 Å². The highest BCUT2D eigenvalue weighted by Crippen LogP contribution is 2.41. The molecule has 10 nitrogen and oxygen atoms in total. The zero-order chi connectivity index (χ0) is 38.2. The molecular formula is C44H52N4O6. The summed E-state index contributed by atoms with van der Waals surface area (Å²) < 4.78 is 19.3. The van der Waals surface area contributed by atoms with Crippen molar-refractivity contribution in [2.24, 2.45) is 5.92 Å². The molecule has 6 rings (SSSR count). The summed E-state index contributed by atoms with van der Waals surface area (Å²) in [5.74, 6) is 1.42. The van der Waals surface area contributed by atoms with Crippen LogP contribution in [0, 0.1) is 38.0 Å². The highest BCUT2D eigenvalue weighted by molar-refractivity contribution is 5.74. The quantitative estimate of drug-likeness (QED) is 0.114. The van der Waals surface area contributed by atoms with Gasteiger partial charge in [-0.15, -0.1) is 0 Å². The van der Waals surface area contributed by atoms with Gasteiger partial charge in [-0.2, -0.15) is 5.26 Å². The number of rotatable bonds is 15. The number of benzene rings is 3. The van der Waals surface area contributed by atoms with E-state index in [1.807, 2.05) is 19.1 Å². The minimum atomic E-state index is -1.15. The van der Waals surface area contributed by atoms with Crippen molar-refractivity contribution in [2.45, 2.75) is 91.1 Å². The smallest absolute Gasteiger partial charge is 0.323 e. The van der Waals surface area contributed by atoms with E-state index in [0.717, 1.165) is 45.7 Å². The summed E-state index contributed by atoms with van der Waals surface area (Å²) >= 11 is 0. The molecule has 3 aromatic carbocycles. The molecule has 3 atom stereocenters. The fourth-order valence-electron chi connectivity index (χ4n) is 8.08. The summed E-state index contributed by atoms with van der Waals surface area (Å²) in [6, 6.07) is 19.0. The number of nitrogens with one attached hydrogen (secondary N) is 1. The normalized spacial score (nSPS) is 19.0. The lowest BCUT2D eigenvalue weighted by molar-refractivity contribution is -0.140. The van der Waals surface area contributed by atoms with Crippen molar-refractivity contribution in [3.63, 3.8) is 0 Å². The van der Waals surface area contributed by atoms with Crippen LogP contribution in [0.25, 0.3) is 11.1 Å². The molecule has 284 valence electrons. The minimum Gasteiger partial charge on any atom is -0.493 e. The Labute approximate surface area is 318 Å². The number of aliphatic hydroxyl groups is 1. The number of fused-ring (bicyclic) bond motifs is 1. The Hall–Kier alpha value is -4.95. The molecule has 4 aromatic rings. The molecule has 0 radical (unpaired) electrons. The molecule has 0 spiro atoms. The fraction of sp³-hybridized carbons (Fsp3) is 0.432. The van der Waals surface area contributed by atoms with Crippen LogP contribution in [0.15, 0.2) is 67.0 Å². The first-order valence-corrected chi connectivity index (χ1v) is 19.0. The molecule has 1 unspecified atom stereocenters. The Morgan fingerprint density at radius 1 is 0.944 bits per heavy atom. The summed E-state index contributed by atoms with van der Waals surface area (Å²) in [4.78, 5) is 18.4. The molecule has 0 bridgehead atoms. The molecule has 0 aliphatic carbocycles. The lowest BCUT2D eigenvalue weighted by atomic mass is 9.73. The topological polar surface area (TPSA) is 137 Å². The van der Waals surface area contributed by atoms with Crippen LogP contribution in [0.1, 0.15) is 78.0 Å². The Morgan fingerprint density at radius 2 is 1.70 bits per heavy atom. The zero-order valence-electron chi connectivity index (χ0n) is 31.9. The monoisotopic (exact) mass is 732 g/mol. The van der Waals surface area contributed by atoms with Crippen molar-refractivity contribution in [3.05, 3.63) is 106 Å². The predicted octanol–water partition coefficient (Wildman–Crippen LogP) is 7.27. The molecule has 2 saturated heterocycles. The lowest BCUT2D eigenvalue weighted by Crippen LogP contribution is -2.58. The van der Waals surface area contributed by atoms with Crippen LogP contribution in [0.2, 0.25) is 0 Å². The van der Waals surface area contributed by atoms with Gasteiger partial charge in [0, 0.05) is 47.6 Å². The number of aliphatic carboxylic acids is 1. The van der Waals surface area contributed by atoms with E-state index in [1.54, 1.807) is 12.3 Å². The van der Waals surface area contributed by atoms with Gasteiger partial charge in [-0.25, -0.2) is 0 Å². The second-order valence-electron chi connectivity index (χ2n) is 14.9. The third-order valence-corrected chi connectivity index (χ3v) is 11.5. The second kappa shape index (κ2) is 17.5. The van der Waals surface area contributed by atoms with Crippen LogP contribution in [0.3, 0.4) is 0 Å². The van der Waals surface area contributed by atoms with Crippen LogP contribution < -0.4 is 19.5 Å². The van der Waals surface area contributed by atoms with Crippen molar-refractivity contribution >= 4 is 5.97 Å². The van der Waals surface area contributed by atoms with Crippen LogP contribution in [-0.4, -0.2) is 64.0 Å². The van der Waals surface area contributed by atoms with Gasteiger partial charge in [-0.3, -0.25) is 20.0 Å². The molecule has 2 aliphatic rings. The van der Waals surface area contributed by atoms with Crippen molar-refractivity contribution in [3.8, 4) is 34.4 Å². The number of ether oxygens (including phenoxy) is 3. The maximum atomic E-state index is 11.6. The SMILES string of the molecule is Cc1cc(CN[C@H](CO)C(=O)O)c(OCc2cncc(C#N)c2)cc1OCc1cccc(-c2cccc(OCC3CCCN4CCCC[C@]34C)c2C)c1C. The number of piperidine rings is 2. The molecule has 0 amide bonds. The molecule has 2 fully saturated rings. The van der Waals surface area contributed by atoms with E-state index < -0.39 is 18.6 Å². The van der Waals surface area contributed by atoms with Gasteiger partial charge in [0.05, 0.1) is 18.8 Å². The van der Waals surface area contributed by atoms with Gasteiger partial charge in [0.1, 0.15) is 42.6 Å². The third-order valence-electron chi connectivity index (χ3n) is 11.5. The maximum absolute atomic E-state index is 11.6. The van der Waals surface area contributed by atoms with Gasteiger partial charge in [0.15, 0.2) is 0 Å². The zero-order valence-corrected chi connectivity index (χ0v) is 31.9. The van der Waals surface area contributed by atoms with Gasteiger partial charge in [0.2, 0.25) is 0 Å². The standard InChI is InChI=1S/C44H52N4O6/c1-29-18-35(24-47-39(25-49)43(50)51)42(52-26-33-19-32(21-45)22-46-23-33)20-41(29)53-27-34-10-7-12-37(30(34)2)38-13-8-14-40(31(38)3)54-28-36-11-9-17-48-16-6-5-15-44(36,48)4/h7-8,10,12-14,18-20,22-23,36,39,47,49H,5-6,9,11,15-17,24-28H2,1-4H3,(H,50,51)/t36?,39-,44-/m1/s1. The van der Waals surface area contributed by atoms with E-state index in [2.05, 4.69) is 78.4 Å². The van der Waals surface area contributed by atoms with Crippen LogP contribution in [-0.2, 0) is 24.6 Å². The number of carbonyl (C=O) groups is 1. The van der Waals surface area contributed by atoms with Crippen LogP contribution in [0.4, 0.5) is 0 Å². The number of aromatic nitrogens is 1. The number of nitrogens with zero attached hydrogens (tertiary/aromatic N) is 3. The van der Waals surface area contributed by atoms with E-state index in [-0.39, 0.29) is 18.7 Å². The van der Waals surface area contributed by atoms with E-state index in [0.29, 0.717) is 40.7 Å². The molecule has 54 heavy (non-hydrogen) atoms. The van der Waals surface area contributed by atoms with E-state index in [1.165, 1.54) is 51.4 Å². The minimum absolute atomic E-state index is 0.141. The summed E-state index contributed by atoms with van der Waals surface area (Å²) in [5, 5.41) is 31.2. The Morgan fingerprint density at radius 3 is 2.48 bits per heavy atom. The summed E-state index contributed by atoms with van der Waals surface area (Å²) in [7, 11) is 0. The summed E-state index contributed by atoms with van der Waals surface area (Å²) in [5.41, 5.74) is 8.49. The third kappa shape index (κ3) is 8.71. The number of carboxylic acid groups (broad SMARTS) is 1. The number of aryl methyl sites for hydroxylation is 1. The summed E-state index contributed by atoms with van der Waals surface area (Å²) in [6.45, 7) is 11.9. The average molecular weight is 733 g/mol. The summed E-state index contributed by atoms with van der Waals surface area (Å²) in [6.07, 6.45) is 9.41. The molecule has 3 heterocycles. The predicted molar refractivity (Wildman–Crippen MR) is 208 cm³/mol. The van der Waals surface area contributed by atoms with Gasteiger partial charge < -0.3 is 24.4 Å². The van der Waals surface area contributed by atoms with Gasteiger partial charge >= 0.3 is 5.97 Å². The van der Waals surface area contributed by atoms with Gasteiger partial charge in [-0.05, 0) is 118 Å². The van der Waals surface area contributed by atoms with Gasteiger partial charge in [0.25, 0.3) is 0 Å². The van der Waals surface area contributed by atoms with Crippen molar-refractivity contribution in [1.82, 2.24) is 15.2 Å². The first kappa shape index (κ1) is 38.8. The Kier molecular flexibility index (Phi) is 12.5. The molecular weight excluding hydrogens is 681 g/mol. The first-order valence-electron chi connectivity index (χ1n) is 19.0. The van der Waals surface area contributed by atoms with Crippen LogP contribution in [0.5, 0.6) is 17.2 Å². The highest BCUT2D eigenvalue weighted by Gasteiger charge is 2.43. The van der Waals surface area contributed by atoms with Gasteiger partial charge in [-0.1, -0.05) is 36.8 Å². The first-order chi connectivity index (χ1) is 26.1. The molecule has 0 saturated carbocycles. The fourth-order valence-corrected chi connectivity index (χ4v) is 8.08.